The Bertz CT molecular complexity index is 460. The molecule has 15 heavy (non-hydrogen) atoms. The number of hydrogen-bond donors (Lipinski definition) is 1. The molecule has 3 nitrogen and oxygen atoms in total. The monoisotopic (exact) mass is 202 g/mol. The first-order valence-electron chi connectivity index (χ1n) is 4.96. The van der Waals surface area contributed by atoms with E-state index in [4.69, 9.17) is 10.2 Å². The molecular formula is C12H14N2O. The second-order valence-corrected chi connectivity index (χ2v) is 3.67. The highest BCUT2D eigenvalue weighted by molar-refractivity contribution is 5.60. The molecule has 0 aliphatic heterocycles. The number of aromatic nitrogens is 1. The molecule has 1 aromatic carbocycles. The predicted molar refractivity (Wildman–Crippen MR) is 59.3 cm³/mol. The van der Waals surface area contributed by atoms with Crippen molar-refractivity contribution < 1.29 is 4.42 Å². The van der Waals surface area contributed by atoms with Gasteiger partial charge in [-0.15, -0.1) is 0 Å². The van der Waals surface area contributed by atoms with E-state index in [1.54, 1.807) is 6.20 Å². The van der Waals surface area contributed by atoms with Crippen LogP contribution in [-0.2, 0) is 0 Å². The lowest BCUT2D eigenvalue weighted by Gasteiger charge is -2.01. The Morgan fingerprint density at radius 2 is 2.07 bits per heavy atom. The van der Waals surface area contributed by atoms with E-state index in [0.29, 0.717) is 5.89 Å². The molecule has 78 valence electrons. The Balaban J connectivity index is 2.42. The van der Waals surface area contributed by atoms with Gasteiger partial charge in [0.15, 0.2) is 5.76 Å². The highest BCUT2D eigenvalue weighted by Gasteiger charge is 2.10. The molecule has 0 bridgehead atoms. The molecule has 0 radical (unpaired) electrons. The molecule has 1 aromatic heterocycles. The molecule has 2 aromatic rings. The molecule has 1 heterocycles. The Morgan fingerprint density at radius 1 is 1.33 bits per heavy atom. The first kappa shape index (κ1) is 9.93. The summed E-state index contributed by atoms with van der Waals surface area (Å²) in [5.41, 5.74) is 7.92. The minimum absolute atomic E-state index is 0.164. The van der Waals surface area contributed by atoms with Gasteiger partial charge in [-0.05, 0) is 19.4 Å². The fraction of sp³-hybridized carbons (Fsp3) is 0.250. The van der Waals surface area contributed by atoms with E-state index >= 15 is 0 Å². The zero-order valence-corrected chi connectivity index (χ0v) is 8.90. The van der Waals surface area contributed by atoms with E-state index in [2.05, 4.69) is 4.98 Å². The average molecular weight is 202 g/mol. The molecule has 0 fully saturated rings. The molecule has 0 aliphatic rings. The van der Waals surface area contributed by atoms with Crippen LogP contribution in [0.2, 0.25) is 0 Å². The molecule has 2 N–H and O–H groups in total. The number of rotatable bonds is 2. The molecule has 2 rings (SSSR count). The molecule has 3 heteroatoms. The van der Waals surface area contributed by atoms with Crippen LogP contribution in [0.25, 0.3) is 11.3 Å². The molecule has 0 amide bonds. The SMILES string of the molecule is Cc1ccccc1-c1cnc(C(C)N)o1. The van der Waals surface area contributed by atoms with Crippen LogP contribution in [0.1, 0.15) is 24.4 Å². The van der Waals surface area contributed by atoms with Gasteiger partial charge in [0.05, 0.1) is 12.2 Å². The largest absolute Gasteiger partial charge is 0.439 e. The van der Waals surface area contributed by atoms with Crippen molar-refractivity contribution >= 4 is 0 Å². The Morgan fingerprint density at radius 3 is 2.67 bits per heavy atom. The van der Waals surface area contributed by atoms with E-state index in [-0.39, 0.29) is 6.04 Å². The zero-order valence-electron chi connectivity index (χ0n) is 8.90. The van der Waals surface area contributed by atoms with Crippen LogP contribution in [0.3, 0.4) is 0 Å². The number of hydrogen-bond acceptors (Lipinski definition) is 3. The van der Waals surface area contributed by atoms with Crippen LogP contribution in [-0.4, -0.2) is 4.98 Å². The molecule has 0 aliphatic carbocycles. The third-order valence-electron chi connectivity index (χ3n) is 2.32. The minimum Gasteiger partial charge on any atom is -0.439 e. The molecule has 0 saturated carbocycles. The van der Waals surface area contributed by atoms with Gasteiger partial charge in [-0.3, -0.25) is 0 Å². The molecule has 0 saturated heterocycles. The van der Waals surface area contributed by atoms with Crippen molar-refractivity contribution in [2.24, 2.45) is 5.73 Å². The topological polar surface area (TPSA) is 52.0 Å². The first-order chi connectivity index (χ1) is 7.18. The standard InChI is InChI=1S/C12H14N2O/c1-8-5-3-4-6-10(8)11-7-14-12(15-11)9(2)13/h3-7,9H,13H2,1-2H3. The van der Waals surface area contributed by atoms with E-state index < -0.39 is 0 Å². The summed E-state index contributed by atoms with van der Waals surface area (Å²) in [5, 5.41) is 0. The molecule has 1 atom stereocenters. The smallest absolute Gasteiger partial charge is 0.211 e. The van der Waals surface area contributed by atoms with Crippen LogP contribution >= 0.6 is 0 Å². The fourth-order valence-electron chi connectivity index (χ4n) is 1.47. The van der Waals surface area contributed by atoms with Gasteiger partial charge in [0, 0.05) is 5.56 Å². The maximum Gasteiger partial charge on any atom is 0.211 e. The Hall–Kier alpha value is -1.61. The molecule has 0 spiro atoms. The van der Waals surface area contributed by atoms with Crippen molar-refractivity contribution in [2.45, 2.75) is 19.9 Å². The van der Waals surface area contributed by atoms with Gasteiger partial charge in [0.1, 0.15) is 0 Å². The van der Waals surface area contributed by atoms with E-state index in [1.165, 1.54) is 5.56 Å². The third kappa shape index (κ3) is 1.92. The van der Waals surface area contributed by atoms with E-state index in [9.17, 15) is 0 Å². The number of oxazole rings is 1. The van der Waals surface area contributed by atoms with Crippen molar-refractivity contribution in [1.29, 1.82) is 0 Å². The minimum atomic E-state index is -0.164. The van der Waals surface area contributed by atoms with Crippen LogP contribution in [0, 0.1) is 6.92 Å². The maximum atomic E-state index is 5.69. The first-order valence-corrected chi connectivity index (χ1v) is 4.96. The zero-order chi connectivity index (χ0) is 10.8. The summed E-state index contributed by atoms with van der Waals surface area (Å²) in [6.45, 7) is 3.90. The number of nitrogens with two attached hydrogens (primary N) is 1. The highest BCUT2D eigenvalue weighted by atomic mass is 16.4. The second-order valence-electron chi connectivity index (χ2n) is 3.67. The number of aryl methyl sites for hydroxylation is 1. The summed E-state index contributed by atoms with van der Waals surface area (Å²) < 4.78 is 5.58. The fourth-order valence-corrected chi connectivity index (χ4v) is 1.47. The molecular weight excluding hydrogens is 188 g/mol. The lowest BCUT2D eigenvalue weighted by atomic mass is 10.1. The van der Waals surface area contributed by atoms with Gasteiger partial charge < -0.3 is 10.2 Å². The summed E-state index contributed by atoms with van der Waals surface area (Å²) >= 11 is 0. The summed E-state index contributed by atoms with van der Waals surface area (Å²) in [6, 6.07) is 7.88. The van der Waals surface area contributed by atoms with Crippen LogP contribution in [0.15, 0.2) is 34.9 Å². The van der Waals surface area contributed by atoms with Crippen LogP contribution in [0.4, 0.5) is 0 Å². The third-order valence-corrected chi connectivity index (χ3v) is 2.32. The van der Waals surface area contributed by atoms with Crippen molar-refractivity contribution in [3.63, 3.8) is 0 Å². The van der Waals surface area contributed by atoms with Gasteiger partial charge >= 0.3 is 0 Å². The summed E-state index contributed by atoms with van der Waals surface area (Å²) in [4.78, 5) is 4.14. The van der Waals surface area contributed by atoms with Crippen molar-refractivity contribution in [3.05, 3.63) is 41.9 Å². The van der Waals surface area contributed by atoms with Crippen molar-refractivity contribution in [3.8, 4) is 11.3 Å². The van der Waals surface area contributed by atoms with E-state index in [0.717, 1.165) is 11.3 Å². The predicted octanol–water partition coefficient (Wildman–Crippen LogP) is 2.67. The highest BCUT2D eigenvalue weighted by Crippen LogP contribution is 2.24. The maximum absolute atomic E-state index is 5.69. The average Bonchev–Trinajstić information content (AvgIpc) is 2.67. The van der Waals surface area contributed by atoms with Crippen molar-refractivity contribution in [1.82, 2.24) is 4.98 Å². The quantitative estimate of drug-likeness (QED) is 0.814. The summed E-state index contributed by atoms with van der Waals surface area (Å²) in [6.07, 6.45) is 1.72. The number of benzene rings is 1. The lowest BCUT2D eigenvalue weighted by Crippen LogP contribution is -2.04. The Labute approximate surface area is 88.9 Å². The summed E-state index contributed by atoms with van der Waals surface area (Å²) in [5.74, 6) is 1.36. The second kappa shape index (κ2) is 3.87. The van der Waals surface area contributed by atoms with Gasteiger partial charge in [0.2, 0.25) is 5.89 Å². The van der Waals surface area contributed by atoms with Crippen LogP contribution in [0.5, 0.6) is 0 Å². The van der Waals surface area contributed by atoms with Gasteiger partial charge in [0.25, 0.3) is 0 Å². The van der Waals surface area contributed by atoms with Gasteiger partial charge in [-0.25, -0.2) is 4.98 Å². The van der Waals surface area contributed by atoms with Crippen LogP contribution < -0.4 is 5.73 Å². The Kier molecular flexibility index (Phi) is 2.56. The summed E-state index contributed by atoms with van der Waals surface area (Å²) in [7, 11) is 0. The lowest BCUT2D eigenvalue weighted by molar-refractivity contribution is 0.473. The number of nitrogens with zero attached hydrogens (tertiary/aromatic N) is 1. The molecule has 1 unspecified atom stereocenters. The van der Waals surface area contributed by atoms with E-state index in [1.807, 2.05) is 38.1 Å². The van der Waals surface area contributed by atoms with Gasteiger partial charge in [-0.1, -0.05) is 24.3 Å². The van der Waals surface area contributed by atoms with Gasteiger partial charge in [-0.2, -0.15) is 0 Å². The normalized spacial score (nSPS) is 12.7. The van der Waals surface area contributed by atoms with Crippen molar-refractivity contribution in [2.75, 3.05) is 0 Å².